The maximum atomic E-state index is 12.6. The Morgan fingerprint density at radius 1 is 1.50 bits per heavy atom. The number of likely N-dealkylation sites (tertiary alicyclic amines) is 1. The summed E-state index contributed by atoms with van der Waals surface area (Å²) >= 11 is 0. The molecule has 1 amide bonds. The summed E-state index contributed by atoms with van der Waals surface area (Å²) in [7, 11) is 3.88. The molecule has 0 radical (unpaired) electrons. The first kappa shape index (κ1) is 17.0. The fourth-order valence-corrected chi connectivity index (χ4v) is 3.22. The Bertz CT molecular complexity index is 483. The summed E-state index contributed by atoms with van der Waals surface area (Å²) in [5, 5.41) is 4.18. The number of amides is 1. The molecule has 1 saturated heterocycles. The van der Waals surface area contributed by atoms with Gasteiger partial charge in [0, 0.05) is 39.4 Å². The van der Waals surface area contributed by atoms with Gasteiger partial charge in [0.05, 0.1) is 12.1 Å². The molecule has 2 heterocycles. The van der Waals surface area contributed by atoms with Crippen molar-refractivity contribution >= 4 is 5.91 Å². The number of nitrogens with zero attached hydrogens (tertiary/aromatic N) is 4. The van der Waals surface area contributed by atoms with Crippen molar-refractivity contribution < 1.29 is 4.79 Å². The van der Waals surface area contributed by atoms with Crippen LogP contribution in [0.1, 0.15) is 38.7 Å². The monoisotopic (exact) mass is 306 g/mol. The van der Waals surface area contributed by atoms with Crippen LogP contribution >= 0.6 is 0 Å². The van der Waals surface area contributed by atoms with Gasteiger partial charge in [0.25, 0.3) is 0 Å². The first-order valence-corrected chi connectivity index (χ1v) is 8.44. The van der Waals surface area contributed by atoms with Crippen molar-refractivity contribution in [2.24, 2.45) is 13.0 Å². The Balaban J connectivity index is 1.76. The Labute approximate surface area is 134 Å². The average molecular weight is 306 g/mol. The van der Waals surface area contributed by atoms with Gasteiger partial charge in [-0.25, -0.2) is 0 Å². The zero-order valence-corrected chi connectivity index (χ0v) is 14.5. The van der Waals surface area contributed by atoms with Crippen LogP contribution in [0.3, 0.4) is 0 Å². The lowest BCUT2D eigenvalue weighted by Gasteiger charge is -2.36. The van der Waals surface area contributed by atoms with E-state index in [1.807, 2.05) is 36.1 Å². The molecule has 0 saturated carbocycles. The number of aromatic nitrogens is 2. The molecule has 124 valence electrons. The van der Waals surface area contributed by atoms with Gasteiger partial charge in [-0.15, -0.1) is 0 Å². The van der Waals surface area contributed by atoms with Crippen molar-refractivity contribution in [3.63, 3.8) is 0 Å². The molecule has 1 atom stereocenters. The number of hydrogen-bond acceptors (Lipinski definition) is 3. The molecule has 2 rings (SSSR count). The van der Waals surface area contributed by atoms with E-state index < -0.39 is 0 Å². The van der Waals surface area contributed by atoms with Crippen molar-refractivity contribution in [2.75, 3.05) is 26.7 Å². The zero-order valence-electron chi connectivity index (χ0n) is 14.5. The molecule has 0 unspecified atom stereocenters. The van der Waals surface area contributed by atoms with E-state index in [4.69, 9.17) is 0 Å². The standard InChI is InChI=1S/C17H30N4O/c1-14(2)21-10-6-8-16(13-21)17(22)19(3)9-5-7-15-11-18-20(4)12-15/h11-12,14,16H,5-10,13H2,1-4H3/t16-/m1/s1. The zero-order chi connectivity index (χ0) is 16.1. The van der Waals surface area contributed by atoms with E-state index in [2.05, 4.69) is 23.8 Å². The molecule has 5 nitrogen and oxygen atoms in total. The van der Waals surface area contributed by atoms with Crippen LogP contribution in [-0.2, 0) is 18.3 Å². The predicted molar refractivity (Wildman–Crippen MR) is 88.6 cm³/mol. The third-order valence-corrected chi connectivity index (χ3v) is 4.63. The highest BCUT2D eigenvalue weighted by Gasteiger charge is 2.28. The minimum absolute atomic E-state index is 0.180. The molecule has 0 aliphatic carbocycles. The lowest BCUT2D eigenvalue weighted by atomic mass is 9.95. The lowest BCUT2D eigenvalue weighted by Crippen LogP contribution is -2.46. The number of hydrogen-bond donors (Lipinski definition) is 0. The van der Waals surface area contributed by atoms with Gasteiger partial charge in [0.15, 0.2) is 0 Å². The smallest absolute Gasteiger partial charge is 0.226 e. The van der Waals surface area contributed by atoms with E-state index in [1.54, 1.807) is 0 Å². The van der Waals surface area contributed by atoms with Gasteiger partial charge >= 0.3 is 0 Å². The fourth-order valence-electron chi connectivity index (χ4n) is 3.22. The molecule has 0 aromatic carbocycles. The van der Waals surface area contributed by atoms with Crippen LogP contribution in [-0.4, -0.2) is 58.2 Å². The molecular weight excluding hydrogens is 276 g/mol. The minimum atomic E-state index is 0.180. The summed E-state index contributed by atoms with van der Waals surface area (Å²) < 4.78 is 1.83. The van der Waals surface area contributed by atoms with Crippen LogP contribution < -0.4 is 0 Å². The molecule has 0 spiro atoms. The number of carbonyl (C=O) groups is 1. The van der Waals surface area contributed by atoms with E-state index in [9.17, 15) is 4.79 Å². The summed E-state index contributed by atoms with van der Waals surface area (Å²) in [6.45, 7) is 7.30. The van der Waals surface area contributed by atoms with Gasteiger partial charge in [-0.3, -0.25) is 9.48 Å². The SMILES string of the molecule is CC(C)N1CCC[C@@H](C(=O)N(C)CCCc2cnn(C)c2)C1. The normalized spacial score (nSPS) is 19.6. The van der Waals surface area contributed by atoms with Crippen molar-refractivity contribution in [3.8, 4) is 0 Å². The molecule has 0 N–H and O–H groups in total. The predicted octanol–water partition coefficient (Wildman–Crippen LogP) is 1.93. The largest absolute Gasteiger partial charge is 0.345 e. The van der Waals surface area contributed by atoms with Gasteiger partial charge < -0.3 is 9.80 Å². The number of piperidine rings is 1. The molecule has 1 fully saturated rings. The van der Waals surface area contributed by atoms with E-state index in [0.29, 0.717) is 11.9 Å². The van der Waals surface area contributed by atoms with Gasteiger partial charge in [-0.05, 0) is 51.6 Å². The maximum Gasteiger partial charge on any atom is 0.226 e. The maximum absolute atomic E-state index is 12.6. The second kappa shape index (κ2) is 7.77. The number of carbonyl (C=O) groups excluding carboxylic acids is 1. The second-order valence-electron chi connectivity index (χ2n) is 6.81. The van der Waals surface area contributed by atoms with E-state index in [-0.39, 0.29) is 5.92 Å². The third-order valence-electron chi connectivity index (χ3n) is 4.63. The molecule has 1 aromatic heterocycles. The van der Waals surface area contributed by atoms with Gasteiger partial charge in [-0.1, -0.05) is 0 Å². The van der Waals surface area contributed by atoms with Gasteiger partial charge in [0.2, 0.25) is 5.91 Å². The number of rotatable bonds is 6. The van der Waals surface area contributed by atoms with Crippen LogP contribution in [0.15, 0.2) is 12.4 Å². The number of aryl methyl sites for hydroxylation is 2. The highest BCUT2D eigenvalue weighted by Crippen LogP contribution is 2.20. The molecule has 1 aliphatic rings. The summed E-state index contributed by atoms with van der Waals surface area (Å²) in [6, 6.07) is 0.534. The summed E-state index contributed by atoms with van der Waals surface area (Å²) in [4.78, 5) is 16.9. The molecule has 5 heteroatoms. The molecule has 1 aliphatic heterocycles. The second-order valence-corrected chi connectivity index (χ2v) is 6.81. The van der Waals surface area contributed by atoms with Crippen molar-refractivity contribution in [1.29, 1.82) is 0 Å². The van der Waals surface area contributed by atoms with E-state index >= 15 is 0 Å². The fraction of sp³-hybridized carbons (Fsp3) is 0.765. The summed E-state index contributed by atoms with van der Waals surface area (Å²) in [5.41, 5.74) is 1.24. The van der Waals surface area contributed by atoms with Crippen LogP contribution in [0.25, 0.3) is 0 Å². The first-order valence-electron chi connectivity index (χ1n) is 8.44. The van der Waals surface area contributed by atoms with Gasteiger partial charge in [-0.2, -0.15) is 5.10 Å². The molecular formula is C17H30N4O. The van der Waals surface area contributed by atoms with Crippen LogP contribution in [0.5, 0.6) is 0 Å². The molecule has 1 aromatic rings. The highest BCUT2D eigenvalue weighted by molar-refractivity contribution is 5.78. The van der Waals surface area contributed by atoms with Crippen molar-refractivity contribution in [3.05, 3.63) is 18.0 Å². The summed E-state index contributed by atoms with van der Waals surface area (Å²) in [5.74, 6) is 0.496. The third kappa shape index (κ3) is 4.57. The van der Waals surface area contributed by atoms with Crippen LogP contribution in [0, 0.1) is 5.92 Å². The first-order chi connectivity index (χ1) is 10.5. The molecule has 22 heavy (non-hydrogen) atoms. The Morgan fingerprint density at radius 2 is 2.27 bits per heavy atom. The van der Waals surface area contributed by atoms with Crippen molar-refractivity contribution in [2.45, 2.75) is 45.6 Å². The Kier molecular flexibility index (Phi) is 6.00. The summed E-state index contributed by atoms with van der Waals surface area (Å²) in [6.07, 6.45) is 8.10. The topological polar surface area (TPSA) is 41.4 Å². The minimum Gasteiger partial charge on any atom is -0.345 e. The van der Waals surface area contributed by atoms with Crippen molar-refractivity contribution in [1.82, 2.24) is 19.6 Å². The van der Waals surface area contributed by atoms with Gasteiger partial charge in [0.1, 0.15) is 0 Å². The quantitative estimate of drug-likeness (QED) is 0.806. The Morgan fingerprint density at radius 3 is 2.91 bits per heavy atom. The van der Waals surface area contributed by atoms with E-state index in [1.165, 1.54) is 5.56 Å². The van der Waals surface area contributed by atoms with E-state index in [0.717, 1.165) is 45.3 Å². The Hall–Kier alpha value is -1.36. The van der Waals surface area contributed by atoms with Crippen LogP contribution in [0.2, 0.25) is 0 Å². The lowest BCUT2D eigenvalue weighted by molar-refractivity contribution is -0.136. The highest BCUT2D eigenvalue weighted by atomic mass is 16.2. The van der Waals surface area contributed by atoms with Crippen LogP contribution in [0.4, 0.5) is 0 Å². The average Bonchev–Trinajstić information content (AvgIpc) is 2.92. The molecule has 0 bridgehead atoms.